The zero-order valence-electron chi connectivity index (χ0n) is 13.8. The van der Waals surface area contributed by atoms with E-state index in [2.05, 4.69) is 55.3 Å². The molecule has 22 heavy (non-hydrogen) atoms. The molecule has 3 nitrogen and oxygen atoms in total. The molecule has 1 fully saturated rings. The first kappa shape index (κ1) is 19.8. The van der Waals surface area contributed by atoms with Crippen LogP contribution < -0.4 is 5.32 Å². The Labute approximate surface area is 145 Å². The van der Waals surface area contributed by atoms with Crippen LogP contribution in [0.3, 0.4) is 0 Å². The van der Waals surface area contributed by atoms with Crippen LogP contribution >= 0.6 is 24.2 Å². The molecule has 0 aromatic heterocycles. The van der Waals surface area contributed by atoms with E-state index in [1.54, 1.807) is 0 Å². The molecule has 0 spiro atoms. The summed E-state index contributed by atoms with van der Waals surface area (Å²) in [6, 6.07) is 9.01. The average molecular weight is 345 g/mol. The van der Waals surface area contributed by atoms with E-state index in [1.807, 2.05) is 11.8 Å². The molecule has 0 amide bonds. The summed E-state index contributed by atoms with van der Waals surface area (Å²) in [5.41, 5.74) is 1.37. The summed E-state index contributed by atoms with van der Waals surface area (Å²) >= 11 is 1.92. The van der Waals surface area contributed by atoms with E-state index in [4.69, 9.17) is 0 Å². The molecule has 126 valence electrons. The van der Waals surface area contributed by atoms with Crippen LogP contribution in [0.15, 0.2) is 29.2 Å². The van der Waals surface area contributed by atoms with E-state index in [1.165, 1.54) is 10.5 Å². The number of nitrogens with one attached hydrogen (secondary N) is 1. The van der Waals surface area contributed by atoms with Gasteiger partial charge in [0.25, 0.3) is 0 Å². The molecule has 1 aliphatic heterocycles. The van der Waals surface area contributed by atoms with Gasteiger partial charge in [-0.25, -0.2) is 0 Å². The van der Waals surface area contributed by atoms with E-state index in [0.717, 1.165) is 32.6 Å². The smallest absolute Gasteiger partial charge is 0.0449 e. The van der Waals surface area contributed by atoms with Gasteiger partial charge in [0, 0.05) is 48.5 Å². The SMILES string of the molecule is CC(C)(C)Sc1ccccc1[C@@H](CCO)N1CCNCC1.Cl. The highest BCUT2D eigenvalue weighted by atomic mass is 35.5. The summed E-state index contributed by atoms with van der Waals surface area (Å²) in [4.78, 5) is 3.86. The van der Waals surface area contributed by atoms with Crippen LogP contribution in [0.2, 0.25) is 0 Å². The Bertz CT molecular complexity index is 445. The molecule has 0 radical (unpaired) electrons. The molecular weight excluding hydrogens is 316 g/mol. The van der Waals surface area contributed by atoms with Crippen LogP contribution in [0, 0.1) is 0 Å². The maximum atomic E-state index is 9.50. The third-order valence-electron chi connectivity index (χ3n) is 3.69. The fraction of sp³-hybridized carbons (Fsp3) is 0.647. The molecule has 1 heterocycles. The van der Waals surface area contributed by atoms with E-state index >= 15 is 0 Å². The number of thioether (sulfide) groups is 1. The van der Waals surface area contributed by atoms with Gasteiger partial charge in [0.15, 0.2) is 0 Å². The number of halogens is 1. The van der Waals surface area contributed by atoms with Crippen molar-refractivity contribution in [3.8, 4) is 0 Å². The van der Waals surface area contributed by atoms with Crippen LogP contribution in [0.25, 0.3) is 0 Å². The predicted octanol–water partition coefficient (Wildman–Crippen LogP) is 3.33. The largest absolute Gasteiger partial charge is 0.396 e. The van der Waals surface area contributed by atoms with E-state index in [9.17, 15) is 5.11 Å². The van der Waals surface area contributed by atoms with Gasteiger partial charge in [-0.1, -0.05) is 39.0 Å². The number of nitrogens with zero attached hydrogens (tertiary/aromatic N) is 1. The molecular formula is C17H29ClN2OS. The summed E-state index contributed by atoms with van der Waals surface area (Å²) in [5.74, 6) is 0. The van der Waals surface area contributed by atoms with E-state index in [0.29, 0.717) is 6.04 Å². The second kappa shape index (κ2) is 9.14. The fourth-order valence-electron chi connectivity index (χ4n) is 2.83. The summed E-state index contributed by atoms with van der Waals surface area (Å²) in [5, 5.41) is 12.9. The maximum absolute atomic E-state index is 9.50. The molecule has 2 rings (SSSR count). The number of hydrogen-bond acceptors (Lipinski definition) is 4. The lowest BCUT2D eigenvalue weighted by atomic mass is 10.0. The molecule has 1 aromatic carbocycles. The maximum Gasteiger partial charge on any atom is 0.0449 e. The van der Waals surface area contributed by atoms with Crippen LogP contribution in [-0.2, 0) is 0 Å². The fourth-order valence-corrected chi connectivity index (χ4v) is 3.96. The highest BCUT2D eigenvalue weighted by Gasteiger charge is 2.25. The molecule has 0 aliphatic carbocycles. The number of aliphatic hydroxyl groups excluding tert-OH is 1. The van der Waals surface area contributed by atoms with Gasteiger partial charge in [-0.15, -0.1) is 24.2 Å². The lowest BCUT2D eigenvalue weighted by Crippen LogP contribution is -2.45. The van der Waals surface area contributed by atoms with Gasteiger partial charge in [0.2, 0.25) is 0 Å². The monoisotopic (exact) mass is 344 g/mol. The lowest BCUT2D eigenvalue weighted by Gasteiger charge is -2.36. The second-order valence-electron chi connectivity index (χ2n) is 6.57. The third kappa shape index (κ3) is 5.74. The Morgan fingerprint density at radius 1 is 1.23 bits per heavy atom. The number of rotatable bonds is 5. The summed E-state index contributed by atoms with van der Waals surface area (Å²) in [7, 11) is 0. The molecule has 0 unspecified atom stereocenters. The van der Waals surface area contributed by atoms with Gasteiger partial charge in [0.05, 0.1) is 0 Å². The van der Waals surface area contributed by atoms with Crippen LogP contribution in [0.4, 0.5) is 0 Å². The first-order chi connectivity index (χ1) is 10.0. The van der Waals surface area contributed by atoms with E-state index in [-0.39, 0.29) is 23.8 Å². The average Bonchev–Trinajstić information content (AvgIpc) is 2.45. The molecule has 0 saturated carbocycles. The Kier molecular flexibility index (Phi) is 8.22. The molecule has 2 N–H and O–H groups in total. The number of benzene rings is 1. The minimum Gasteiger partial charge on any atom is -0.396 e. The number of piperazine rings is 1. The van der Waals surface area contributed by atoms with Gasteiger partial charge >= 0.3 is 0 Å². The Hall–Kier alpha value is -0.260. The Balaban J connectivity index is 0.00000242. The van der Waals surface area contributed by atoms with Crippen LogP contribution in [0.5, 0.6) is 0 Å². The van der Waals surface area contributed by atoms with Gasteiger partial charge in [-0.3, -0.25) is 4.90 Å². The highest BCUT2D eigenvalue weighted by molar-refractivity contribution is 8.00. The molecule has 1 saturated heterocycles. The van der Waals surface area contributed by atoms with Crippen molar-refractivity contribution in [3.63, 3.8) is 0 Å². The zero-order chi connectivity index (χ0) is 15.3. The standard InChI is InChI=1S/C17H28N2OS.ClH/c1-17(2,3)21-16-7-5-4-6-14(16)15(8-13-20)19-11-9-18-10-12-19;/h4-7,15,18,20H,8-13H2,1-3H3;1H/t15-;/m1./s1. The summed E-state index contributed by atoms with van der Waals surface area (Å²) in [6.07, 6.45) is 0.807. The first-order valence-electron chi connectivity index (χ1n) is 7.85. The quantitative estimate of drug-likeness (QED) is 0.803. The van der Waals surface area contributed by atoms with E-state index < -0.39 is 0 Å². The van der Waals surface area contributed by atoms with Crippen molar-refractivity contribution >= 4 is 24.2 Å². The summed E-state index contributed by atoms with van der Waals surface area (Å²) < 4.78 is 0.198. The Morgan fingerprint density at radius 3 is 2.45 bits per heavy atom. The van der Waals surface area contributed by atoms with Crippen LogP contribution in [0.1, 0.15) is 38.8 Å². The second-order valence-corrected chi connectivity index (χ2v) is 8.44. The van der Waals surface area contributed by atoms with Crippen molar-refractivity contribution in [1.82, 2.24) is 10.2 Å². The van der Waals surface area contributed by atoms with Gasteiger partial charge in [-0.2, -0.15) is 0 Å². The number of hydrogen-bond donors (Lipinski definition) is 2. The molecule has 1 atom stereocenters. The molecule has 0 bridgehead atoms. The zero-order valence-corrected chi connectivity index (χ0v) is 15.5. The minimum absolute atomic E-state index is 0. The minimum atomic E-state index is 0. The first-order valence-corrected chi connectivity index (χ1v) is 8.66. The van der Waals surface area contributed by atoms with Crippen molar-refractivity contribution < 1.29 is 5.11 Å². The van der Waals surface area contributed by atoms with Crippen molar-refractivity contribution in [2.24, 2.45) is 0 Å². The third-order valence-corrected chi connectivity index (χ3v) is 4.89. The lowest BCUT2D eigenvalue weighted by molar-refractivity contribution is 0.139. The Morgan fingerprint density at radius 2 is 1.86 bits per heavy atom. The van der Waals surface area contributed by atoms with Crippen molar-refractivity contribution in [2.45, 2.75) is 42.9 Å². The number of aliphatic hydroxyl groups is 1. The normalized spacial score (nSPS) is 17.8. The van der Waals surface area contributed by atoms with Gasteiger partial charge in [0.1, 0.15) is 0 Å². The van der Waals surface area contributed by atoms with Crippen LogP contribution in [-0.4, -0.2) is 47.5 Å². The highest BCUT2D eigenvalue weighted by Crippen LogP contribution is 2.38. The topological polar surface area (TPSA) is 35.5 Å². The van der Waals surface area contributed by atoms with Crippen molar-refractivity contribution in [1.29, 1.82) is 0 Å². The van der Waals surface area contributed by atoms with Gasteiger partial charge < -0.3 is 10.4 Å². The summed E-state index contributed by atoms with van der Waals surface area (Å²) in [6.45, 7) is 11.2. The van der Waals surface area contributed by atoms with Gasteiger partial charge in [-0.05, 0) is 18.1 Å². The predicted molar refractivity (Wildman–Crippen MR) is 98.2 cm³/mol. The van der Waals surface area contributed by atoms with Crippen molar-refractivity contribution in [2.75, 3.05) is 32.8 Å². The molecule has 1 aliphatic rings. The molecule has 1 aromatic rings. The molecule has 5 heteroatoms. The van der Waals surface area contributed by atoms with Crippen molar-refractivity contribution in [3.05, 3.63) is 29.8 Å².